The molecule has 4 aliphatic rings. The van der Waals surface area contributed by atoms with Crippen LogP contribution in [0.2, 0.25) is 0 Å². The summed E-state index contributed by atoms with van der Waals surface area (Å²) in [6.45, 7) is 9.44. The number of rotatable bonds is 5. The average molecular weight is 292 g/mol. The molecule has 0 amide bonds. The van der Waals surface area contributed by atoms with Crippen molar-refractivity contribution in [2.24, 2.45) is 29.6 Å². The predicted molar refractivity (Wildman–Crippen MR) is 81.5 cm³/mol. The molecule has 118 valence electrons. The van der Waals surface area contributed by atoms with Crippen LogP contribution >= 0.6 is 0 Å². The van der Waals surface area contributed by atoms with Crippen molar-refractivity contribution in [2.75, 3.05) is 0 Å². The molecule has 0 heterocycles. The Bertz CT molecular complexity index is 398. The lowest BCUT2D eigenvalue weighted by molar-refractivity contribution is -0.234. The number of hydrogen-bond acceptors (Lipinski definition) is 3. The van der Waals surface area contributed by atoms with Gasteiger partial charge in [-0.25, -0.2) is 4.79 Å². The quantitative estimate of drug-likeness (QED) is 0.437. The Balaban J connectivity index is 1.65. The van der Waals surface area contributed by atoms with Crippen LogP contribution in [0.15, 0.2) is 12.2 Å². The van der Waals surface area contributed by atoms with Gasteiger partial charge in [0.15, 0.2) is 0 Å². The summed E-state index contributed by atoms with van der Waals surface area (Å²) < 4.78 is 11.8. The number of esters is 1. The molecule has 0 spiro atoms. The van der Waals surface area contributed by atoms with E-state index in [1.807, 2.05) is 13.8 Å². The van der Waals surface area contributed by atoms with E-state index < -0.39 is 6.29 Å². The van der Waals surface area contributed by atoms with Gasteiger partial charge in [0, 0.05) is 11.5 Å². The van der Waals surface area contributed by atoms with E-state index in [1.54, 1.807) is 6.92 Å². The first-order chi connectivity index (χ1) is 9.94. The van der Waals surface area contributed by atoms with E-state index in [1.165, 1.54) is 32.1 Å². The molecule has 4 aliphatic carbocycles. The summed E-state index contributed by atoms with van der Waals surface area (Å²) in [5, 5.41) is 0. The minimum Gasteiger partial charge on any atom is -0.432 e. The van der Waals surface area contributed by atoms with Gasteiger partial charge in [-0.15, -0.1) is 0 Å². The molecule has 21 heavy (non-hydrogen) atoms. The normalized spacial score (nSPS) is 38.6. The predicted octanol–water partition coefficient (Wildman–Crippen LogP) is 3.93. The molecule has 4 saturated carbocycles. The second-order valence-corrected chi connectivity index (χ2v) is 7.83. The largest absolute Gasteiger partial charge is 0.432 e. The molecule has 4 rings (SSSR count). The fraction of sp³-hybridized carbons (Fsp3) is 0.833. The molecule has 3 heteroatoms. The third-order valence-corrected chi connectivity index (χ3v) is 5.55. The topological polar surface area (TPSA) is 35.5 Å². The van der Waals surface area contributed by atoms with Crippen LogP contribution in [0.1, 0.15) is 52.9 Å². The molecule has 0 N–H and O–H groups in total. The zero-order valence-corrected chi connectivity index (χ0v) is 13.5. The minimum absolute atomic E-state index is 0.172. The molecular formula is C18H28O3. The van der Waals surface area contributed by atoms with Gasteiger partial charge in [-0.1, -0.05) is 20.4 Å². The highest BCUT2D eigenvalue weighted by Gasteiger charge is 2.49. The van der Waals surface area contributed by atoms with Crippen molar-refractivity contribution in [2.45, 2.75) is 65.3 Å². The van der Waals surface area contributed by atoms with Gasteiger partial charge in [-0.3, -0.25) is 0 Å². The van der Waals surface area contributed by atoms with Gasteiger partial charge >= 0.3 is 5.97 Å². The van der Waals surface area contributed by atoms with Crippen LogP contribution in [0.25, 0.3) is 0 Å². The first-order valence-corrected chi connectivity index (χ1v) is 8.46. The Hall–Kier alpha value is -0.830. The van der Waals surface area contributed by atoms with Crippen molar-refractivity contribution >= 4 is 5.97 Å². The van der Waals surface area contributed by atoms with E-state index in [0.717, 1.165) is 11.8 Å². The van der Waals surface area contributed by atoms with Crippen LogP contribution in [0.4, 0.5) is 0 Å². The van der Waals surface area contributed by atoms with Crippen LogP contribution < -0.4 is 0 Å². The third-order valence-electron chi connectivity index (χ3n) is 5.55. The van der Waals surface area contributed by atoms with Gasteiger partial charge in [0.2, 0.25) is 6.29 Å². The van der Waals surface area contributed by atoms with E-state index in [0.29, 0.717) is 23.5 Å². The smallest absolute Gasteiger partial charge is 0.335 e. The summed E-state index contributed by atoms with van der Waals surface area (Å²) in [5.41, 5.74) is 0.439. The SMILES string of the molecule is C=C(C)C(=O)OC(OC1C2CC3CC(C2)CC1C3)C(C)C. The van der Waals surface area contributed by atoms with Gasteiger partial charge in [0.25, 0.3) is 0 Å². The molecule has 4 bridgehead atoms. The van der Waals surface area contributed by atoms with Crippen LogP contribution in [0.5, 0.6) is 0 Å². The zero-order valence-electron chi connectivity index (χ0n) is 13.5. The minimum atomic E-state index is -0.434. The summed E-state index contributed by atoms with van der Waals surface area (Å²) in [6, 6.07) is 0. The highest BCUT2D eigenvalue weighted by molar-refractivity contribution is 5.87. The Labute approximate surface area is 128 Å². The van der Waals surface area contributed by atoms with Crippen LogP contribution in [-0.2, 0) is 14.3 Å². The lowest BCUT2D eigenvalue weighted by Gasteiger charge is -2.54. The number of ether oxygens (including phenoxy) is 2. The van der Waals surface area contributed by atoms with E-state index in [-0.39, 0.29) is 11.9 Å². The molecule has 0 radical (unpaired) electrons. The molecule has 1 unspecified atom stereocenters. The lowest BCUT2D eigenvalue weighted by Crippen LogP contribution is -2.51. The van der Waals surface area contributed by atoms with Crippen molar-refractivity contribution in [3.8, 4) is 0 Å². The second kappa shape index (κ2) is 5.75. The van der Waals surface area contributed by atoms with Crippen molar-refractivity contribution in [1.29, 1.82) is 0 Å². The van der Waals surface area contributed by atoms with E-state index in [9.17, 15) is 4.79 Å². The van der Waals surface area contributed by atoms with Gasteiger partial charge in [-0.05, 0) is 62.7 Å². The fourth-order valence-corrected chi connectivity index (χ4v) is 4.78. The molecule has 1 atom stereocenters. The van der Waals surface area contributed by atoms with Gasteiger partial charge in [-0.2, -0.15) is 0 Å². The third kappa shape index (κ3) is 3.03. The summed E-state index contributed by atoms with van der Waals surface area (Å²) >= 11 is 0. The number of hydrogen-bond donors (Lipinski definition) is 0. The zero-order chi connectivity index (χ0) is 15.1. The van der Waals surface area contributed by atoms with Crippen LogP contribution in [0.3, 0.4) is 0 Å². The standard InChI is InChI=1S/C18H28O3/c1-10(2)17(19)21-18(11(3)4)20-16-14-6-12-5-13(8-14)9-15(16)7-12/h11-16,18H,1,5-9H2,2-4H3. The Morgan fingerprint density at radius 2 is 1.57 bits per heavy atom. The van der Waals surface area contributed by atoms with Crippen LogP contribution in [-0.4, -0.2) is 18.4 Å². The summed E-state index contributed by atoms with van der Waals surface area (Å²) in [7, 11) is 0. The molecule has 0 aliphatic heterocycles. The fourth-order valence-electron chi connectivity index (χ4n) is 4.78. The number of carbonyl (C=O) groups is 1. The van der Waals surface area contributed by atoms with E-state index in [2.05, 4.69) is 6.58 Å². The highest BCUT2D eigenvalue weighted by Crippen LogP contribution is 2.55. The lowest BCUT2D eigenvalue weighted by atomic mass is 9.55. The average Bonchev–Trinajstić information content (AvgIpc) is 2.40. The Morgan fingerprint density at radius 3 is 2.00 bits per heavy atom. The molecule has 4 fully saturated rings. The van der Waals surface area contributed by atoms with Crippen molar-refractivity contribution in [3.63, 3.8) is 0 Å². The van der Waals surface area contributed by atoms with E-state index >= 15 is 0 Å². The monoisotopic (exact) mass is 292 g/mol. The Morgan fingerprint density at radius 1 is 1.05 bits per heavy atom. The maximum atomic E-state index is 11.8. The maximum Gasteiger partial charge on any atom is 0.335 e. The van der Waals surface area contributed by atoms with Gasteiger partial charge < -0.3 is 9.47 Å². The first kappa shape index (κ1) is 15.1. The summed E-state index contributed by atoms with van der Waals surface area (Å²) in [5.74, 6) is 3.07. The van der Waals surface area contributed by atoms with Crippen molar-refractivity contribution in [1.82, 2.24) is 0 Å². The summed E-state index contributed by atoms with van der Waals surface area (Å²) in [6.07, 6.45) is 6.57. The van der Waals surface area contributed by atoms with Crippen LogP contribution in [0, 0.1) is 29.6 Å². The van der Waals surface area contributed by atoms with Gasteiger partial charge in [0.1, 0.15) is 0 Å². The van der Waals surface area contributed by atoms with E-state index in [4.69, 9.17) is 9.47 Å². The molecular weight excluding hydrogens is 264 g/mol. The Kier molecular flexibility index (Phi) is 4.13. The molecule has 0 aromatic heterocycles. The van der Waals surface area contributed by atoms with Gasteiger partial charge in [0.05, 0.1) is 6.10 Å². The summed E-state index contributed by atoms with van der Waals surface area (Å²) in [4.78, 5) is 11.8. The number of carbonyl (C=O) groups excluding carboxylic acids is 1. The highest BCUT2D eigenvalue weighted by atomic mass is 16.7. The second-order valence-electron chi connectivity index (χ2n) is 7.83. The van der Waals surface area contributed by atoms with Crippen molar-refractivity contribution in [3.05, 3.63) is 12.2 Å². The maximum absolute atomic E-state index is 11.8. The first-order valence-electron chi connectivity index (χ1n) is 8.46. The molecule has 0 aromatic rings. The molecule has 0 saturated heterocycles. The van der Waals surface area contributed by atoms with Crippen molar-refractivity contribution < 1.29 is 14.3 Å². The molecule has 0 aromatic carbocycles. The molecule has 3 nitrogen and oxygen atoms in total.